The molecule has 1 saturated heterocycles. The highest BCUT2D eigenvalue weighted by atomic mass is 16.5. The third kappa shape index (κ3) is 4.36. The van der Waals surface area contributed by atoms with E-state index < -0.39 is 6.09 Å². The summed E-state index contributed by atoms with van der Waals surface area (Å²) < 4.78 is 11.2. The van der Waals surface area contributed by atoms with Crippen LogP contribution in [-0.4, -0.2) is 59.0 Å². The molecule has 3 rings (SSSR count). The number of unbranched alkanes of at least 4 members (excludes halogenated alkanes) is 1. The number of nitrogens with zero attached hydrogens (tertiary/aromatic N) is 3. The molecule has 7 heteroatoms. The zero-order valence-electron chi connectivity index (χ0n) is 14.4. The number of aromatic nitrogens is 2. The Balaban J connectivity index is 1.45. The lowest BCUT2D eigenvalue weighted by atomic mass is 10.1. The van der Waals surface area contributed by atoms with E-state index in [9.17, 15) is 4.79 Å². The van der Waals surface area contributed by atoms with E-state index in [4.69, 9.17) is 14.6 Å². The number of fused-ring (bicyclic) bond motifs is 1. The van der Waals surface area contributed by atoms with Gasteiger partial charge in [-0.05, 0) is 37.8 Å². The molecule has 2 aromatic rings. The lowest BCUT2D eigenvalue weighted by Crippen LogP contribution is -2.28. The fraction of sp³-hybridized carbons (Fsp3) is 0.500. The van der Waals surface area contributed by atoms with Crippen molar-refractivity contribution in [1.29, 1.82) is 0 Å². The quantitative estimate of drug-likeness (QED) is 0.777. The van der Waals surface area contributed by atoms with Gasteiger partial charge in [-0.2, -0.15) is 0 Å². The molecule has 1 unspecified atom stereocenters. The van der Waals surface area contributed by atoms with Crippen molar-refractivity contribution in [2.75, 3.05) is 26.8 Å². The van der Waals surface area contributed by atoms with E-state index in [2.05, 4.69) is 9.97 Å². The minimum Gasteiger partial charge on any atom is -0.494 e. The summed E-state index contributed by atoms with van der Waals surface area (Å²) in [7, 11) is 1.64. The molecular formula is C18H23N3O4. The van der Waals surface area contributed by atoms with Crippen LogP contribution in [0.3, 0.4) is 0 Å². The molecule has 1 amide bonds. The molecule has 0 spiro atoms. The number of amides is 1. The van der Waals surface area contributed by atoms with Crippen molar-refractivity contribution in [3.8, 4) is 5.75 Å². The maximum absolute atomic E-state index is 10.9. The Morgan fingerprint density at radius 3 is 3.08 bits per heavy atom. The van der Waals surface area contributed by atoms with E-state index in [1.807, 2.05) is 18.2 Å². The second-order valence-corrected chi connectivity index (χ2v) is 6.15. The van der Waals surface area contributed by atoms with Gasteiger partial charge in [-0.25, -0.2) is 4.79 Å². The lowest BCUT2D eigenvalue weighted by Gasteiger charge is -2.13. The minimum atomic E-state index is -0.864. The number of aryl methyl sites for hydroxylation is 1. The average Bonchev–Trinajstić information content (AvgIpc) is 3.10. The van der Waals surface area contributed by atoms with Gasteiger partial charge in [0.05, 0.1) is 25.3 Å². The van der Waals surface area contributed by atoms with E-state index in [1.165, 1.54) is 4.90 Å². The van der Waals surface area contributed by atoms with Crippen molar-refractivity contribution in [3.63, 3.8) is 0 Å². The number of methoxy groups -OCH3 is 1. The standard InChI is InChI=1S/C18H23N3O4/c1-24-16-11-13(20-15-6-4-8-19-17(15)16)5-2-3-10-25-14-7-9-21(12-14)18(22)23/h4,6,8,11,14H,2-3,5,7,9-10,12H2,1H3,(H,22,23). The summed E-state index contributed by atoms with van der Waals surface area (Å²) in [5.74, 6) is 0.747. The molecule has 1 aliphatic heterocycles. The zero-order chi connectivity index (χ0) is 17.6. The second-order valence-electron chi connectivity index (χ2n) is 6.15. The van der Waals surface area contributed by atoms with Crippen LogP contribution in [0, 0.1) is 0 Å². The summed E-state index contributed by atoms with van der Waals surface area (Å²) in [6.07, 6.45) is 4.39. The van der Waals surface area contributed by atoms with Crippen molar-refractivity contribution in [2.45, 2.75) is 31.8 Å². The maximum atomic E-state index is 10.9. The highest BCUT2D eigenvalue weighted by Gasteiger charge is 2.26. The van der Waals surface area contributed by atoms with Gasteiger partial charge in [0.1, 0.15) is 11.3 Å². The molecule has 0 aliphatic carbocycles. The predicted molar refractivity (Wildman–Crippen MR) is 93.0 cm³/mol. The third-order valence-electron chi connectivity index (χ3n) is 4.40. The van der Waals surface area contributed by atoms with Crippen LogP contribution >= 0.6 is 0 Å². The van der Waals surface area contributed by atoms with Crippen LogP contribution in [0.1, 0.15) is 25.0 Å². The van der Waals surface area contributed by atoms with Crippen molar-refractivity contribution < 1.29 is 19.4 Å². The predicted octanol–water partition coefficient (Wildman–Crippen LogP) is 2.73. The first-order valence-corrected chi connectivity index (χ1v) is 8.55. The van der Waals surface area contributed by atoms with Gasteiger partial charge < -0.3 is 19.5 Å². The molecule has 1 atom stereocenters. The third-order valence-corrected chi connectivity index (χ3v) is 4.40. The molecule has 0 bridgehead atoms. The highest BCUT2D eigenvalue weighted by Crippen LogP contribution is 2.23. The number of hydrogen-bond donors (Lipinski definition) is 1. The smallest absolute Gasteiger partial charge is 0.407 e. The molecule has 3 heterocycles. The van der Waals surface area contributed by atoms with E-state index in [0.717, 1.165) is 48.2 Å². The molecule has 7 nitrogen and oxygen atoms in total. The van der Waals surface area contributed by atoms with Crippen molar-refractivity contribution in [2.24, 2.45) is 0 Å². The summed E-state index contributed by atoms with van der Waals surface area (Å²) in [5, 5.41) is 8.93. The van der Waals surface area contributed by atoms with Gasteiger partial charge in [-0.1, -0.05) is 0 Å². The average molecular weight is 345 g/mol. The van der Waals surface area contributed by atoms with E-state index >= 15 is 0 Å². The van der Waals surface area contributed by atoms with Crippen LogP contribution in [0.2, 0.25) is 0 Å². The number of likely N-dealkylation sites (tertiary alicyclic amines) is 1. The summed E-state index contributed by atoms with van der Waals surface area (Å²) in [4.78, 5) is 21.2. The maximum Gasteiger partial charge on any atom is 0.407 e. The summed E-state index contributed by atoms with van der Waals surface area (Å²) in [6, 6.07) is 5.75. The molecular weight excluding hydrogens is 322 g/mol. The topological polar surface area (TPSA) is 84.8 Å². The molecule has 1 N–H and O–H groups in total. The first-order valence-electron chi connectivity index (χ1n) is 8.55. The van der Waals surface area contributed by atoms with Crippen molar-refractivity contribution >= 4 is 17.1 Å². The largest absolute Gasteiger partial charge is 0.494 e. The molecule has 1 aliphatic rings. The number of rotatable bonds is 7. The Bertz CT molecular complexity index is 737. The number of carbonyl (C=O) groups is 1. The number of hydrogen-bond acceptors (Lipinski definition) is 5. The zero-order valence-corrected chi connectivity index (χ0v) is 14.4. The molecule has 0 saturated carbocycles. The molecule has 2 aromatic heterocycles. The SMILES string of the molecule is COc1cc(CCCCOC2CCN(C(=O)O)C2)nc2cccnc12. The Labute approximate surface area is 146 Å². The Hall–Kier alpha value is -2.41. The lowest BCUT2D eigenvalue weighted by molar-refractivity contribution is 0.0563. The molecule has 0 radical (unpaired) electrons. The normalized spacial score (nSPS) is 17.2. The number of carboxylic acid groups (broad SMARTS) is 1. The summed E-state index contributed by atoms with van der Waals surface area (Å²) in [6.45, 7) is 1.69. The van der Waals surface area contributed by atoms with Gasteiger partial charge in [-0.3, -0.25) is 9.97 Å². The Morgan fingerprint density at radius 1 is 1.44 bits per heavy atom. The van der Waals surface area contributed by atoms with Crippen molar-refractivity contribution in [3.05, 3.63) is 30.1 Å². The first kappa shape index (κ1) is 17.4. The van der Waals surface area contributed by atoms with Gasteiger partial charge in [0.15, 0.2) is 0 Å². The number of ether oxygens (including phenoxy) is 2. The van der Waals surface area contributed by atoms with Gasteiger partial charge in [0, 0.05) is 31.1 Å². The Kier molecular flexibility index (Phi) is 5.65. The molecule has 134 valence electrons. The fourth-order valence-electron chi connectivity index (χ4n) is 3.06. The van der Waals surface area contributed by atoms with Crippen LogP contribution in [-0.2, 0) is 11.2 Å². The Morgan fingerprint density at radius 2 is 2.32 bits per heavy atom. The molecule has 25 heavy (non-hydrogen) atoms. The van der Waals surface area contributed by atoms with Crippen LogP contribution in [0.15, 0.2) is 24.4 Å². The minimum absolute atomic E-state index is 0.0288. The van der Waals surface area contributed by atoms with Crippen LogP contribution in [0.4, 0.5) is 4.79 Å². The molecule has 1 fully saturated rings. The highest BCUT2D eigenvalue weighted by molar-refractivity contribution is 5.80. The van der Waals surface area contributed by atoms with Gasteiger partial charge >= 0.3 is 6.09 Å². The first-order chi connectivity index (χ1) is 12.2. The molecule has 0 aromatic carbocycles. The van der Waals surface area contributed by atoms with Gasteiger partial charge in [0.2, 0.25) is 0 Å². The van der Waals surface area contributed by atoms with Gasteiger partial charge in [0.25, 0.3) is 0 Å². The van der Waals surface area contributed by atoms with E-state index in [-0.39, 0.29) is 6.10 Å². The van der Waals surface area contributed by atoms with Crippen LogP contribution < -0.4 is 4.74 Å². The van der Waals surface area contributed by atoms with Crippen LogP contribution in [0.5, 0.6) is 5.75 Å². The summed E-state index contributed by atoms with van der Waals surface area (Å²) in [5.41, 5.74) is 2.60. The second kappa shape index (κ2) is 8.11. The van der Waals surface area contributed by atoms with Gasteiger partial charge in [-0.15, -0.1) is 0 Å². The van der Waals surface area contributed by atoms with Crippen LogP contribution in [0.25, 0.3) is 11.0 Å². The monoisotopic (exact) mass is 345 g/mol. The van der Waals surface area contributed by atoms with E-state index in [0.29, 0.717) is 19.7 Å². The van der Waals surface area contributed by atoms with Crippen molar-refractivity contribution in [1.82, 2.24) is 14.9 Å². The fourth-order valence-corrected chi connectivity index (χ4v) is 3.06. The van der Waals surface area contributed by atoms with E-state index in [1.54, 1.807) is 13.3 Å². The number of pyridine rings is 2. The summed E-state index contributed by atoms with van der Waals surface area (Å²) >= 11 is 0.